The van der Waals surface area contributed by atoms with Gasteiger partial charge in [0.05, 0.1) is 12.7 Å². The molecule has 0 aromatic carbocycles. The smallest absolute Gasteiger partial charge is 0.183 e. The Labute approximate surface area is 109 Å². The molecule has 1 aliphatic heterocycles. The second kappa shape index (κ2) is 4.09. The Kier molecular flexibility index (Phi) is 3.42. The van der Waals surface area contributed by atoms with Crippen LogP contribution in [0, 0.1) is 0 Å². The van der Waals surface area contributed by atoms with Crippen LogP contribution in [-0.4, -0.2) is 36.3 Å². The van der Waals surface area contributed by atoms with Gasteiger partial charge in [-0.3, -0.25) is 0 Å². The molecule has 4 unspecified atom stereocenters. The molecule has 1 aliphatic carbocycles. The summed E-state index contributed by atoms with van der Waals surface area (Å²) in [6.07, 6.45) is 2.59. The third-order valence-corrected chi connectivity index (χ3v) is 6.72. The summed E-state index contributed by atoms with van der Waals surface area (Å²) >= 11 is 7.38. The molecule has 88 valence electrons. The van der Waals surface area contributed by atoms with Crippen LogP contribution in [0.25, 0.3) is 0 Å². The molecule has 0 aromatic rings. The number of fused-ring (bicyclic) bond motifs is 1. The van der Waals surface area contributed by atoms with Gasteiger partial charge in [-0.1, -0.05) is 31.9 Å². The van der Waals surface area contributed by atoms with E-state index in [1.807, 2.05) is 0 Å². The number of halogens is 2. The van der Waals surface area contributed by atoms with Gasteiger partial charge in [-0.05, 0) is 32.5 Å². The maximum Gasteiger partial charge on any atom is 0.183 e. The maximum atomic E-state index is 5.97. The highest BCUT2D eigenvalue weighted by Crippen LogP contribution is 2.51. The summed E-state index contributed by atoms with van der Waals surface area (Å²) < 4.78 is 11.8. The van der Waals surface area contributed by atoms with Crippen LogP contribution >= 0.6 is 31.9 Å². The molecule has 0 aromatic heterocycles. The van der Waals surface area contributed by atoms with Crippen LogP contribution in [0.15, 0.2) is 0 Å². The van der Waals surface area contributed by atoms with Gasteiger partial charge in [0.25, 0.3) is 0 Å². The molecule has 1 saturated heterocycles. The lowest BCUT2D eigenvalue weighted by atomic mass is 9.90. The predicted molar refractivity (Wildman–Crippen MR) is 71.6 cm³/mol. The van der Waals surface area contributed by atoms with Crippen LogP contribution in [0.5, 0.6) is 0 Å². The van der Waals surface area contributed by atoms with Crippen molar-refractivity contribution in [3.05, 3.63) is 0 Å². The van der Waals surface area contributed by atoms with Crippen LogP contribution < -0.4 is 0 Å². The lowest BCUT2D eigenvalue weighted by molar-refractivity contribution is 0.177. The quantitative estimate of drug-likeness (QED) is 0.439. The van der Waals surface area contributed by atoms with Crippen molar-refractivity contribution in [2.24, 2.45) is 0 Å². The molecule has 0 bridgehead atoms. The van der Waals surface area contributed by atoms with Crippen molar-refractivity contribution in [3.8, 4) is 0 Å². The normalized spacial score (nSPS) is 45.0. The van der Waals surface area contributed by atoms with Crippen LogP contribution in [0.2, 0.25) is 19.6 Å². The maximum absolute atomic E-state index is 5.97. The molecule has 2 rings (SSSR count). The average molecular weight is 358 g/mol. The first kappa shape index (κ1) is 12.6. The van der Waals surface area contributed by atoms with Gasteiger partial charge in [0.1, 0.15) is 5.60 Å². The van der Waals surface area contributed by atoms with Gasteiger partial charge in [0.15, 0.2) is 8.32 Å². The summed E-state index contributed by atoms with van der Waals surface area (Å²) in [4.78, 5) is 1.06. The Bertz CT molecular complexity index is 256. The molecule has 2 fully saturated rings. The second-order valence-corrected chi connectivity index (χ2v) is 12.4. The second-order valence-electron chi connectivity index (χ2n) is 5.54. The van der Waals surface area contributed by atoms with Crippen LogP contribution in [0.1, 0.15) is 12.8 Å². The van der Waals surface area contributed by atoms with E-state index in [9.17, 15) is 0 Å². The first-order chi connectivity index (χ1) is 6.82. The van der Waals surface area contributed by atoms with Gasteiger partial charge < -0.3 is 9.16 Å². The topological polar surface area (TPSA) is 21.8 Å². The predicted octanol–water partition coefficient (Wildman–Crippen LogP) is 3.30. The molecule has 4 atom stereocenters. The molecule has 0 spiro atoms. The van der Waals surface area contributed by atoms with Crippen molar-refractivity contribution in [3.63, 3.8) is 0 Å². The van der Waals surface area contributed by atoms with E-state index in [1.165, 1.54) is 0 Å². The average Bonchev–Trinajstić information content (AvgIpc) is 2.75. The van der Waals surface area contributed by atoms with Crippen LogP contribution in [0.3, 0.4) is 0 Å². The van der Waals surface area contributed by atoms with Gasteiger partial charge >= 0.3 is 0 Å². The Morgan fingerprint density at radius 1 is 1.33 bits per heavy atom. The lowest BCUT2D eigenvalue weighted by Gasteiger charge is -2.28. The molecule has 0 N–H and O–H groups in total. The molecular formula is C10H18Br2O2Si. The molecule has 5 heteroatoms. The van der Waals surface area contributed by atoms with E-state index in [0.717, 1.165) is 19.4 Å². The number of hydrogen-bond donors (Lipinski definition) is 0. The minimum Gasteiger partial charge on any atom is -0.415 e. The summed E-state index contributed by atoms with van der Waals surface area (Å²) in [6.45, 7) is 7.46. The fourth-order valence-corrected chi connectivity index (χ4v) is 3.99. The summed E-state index contributed by atoms with van der Waals surface area (Å²) in [6, 6.07) is 0. The molecule has 1 saturated carbocycles. The van der Waals surface area contributed by atoms with E-state index < -0.39 is 8.32 Å². The Morgan fingerprint density at radius 2 is 2.00 bits per heavy atom. The molecule has 0 radical (unpaired) electrons. The third kappa shape index (κ3) is 2.86. The summed E-state index contributed by atoms with van der Waals surface area (Å²) in [5.41, 5.74) is 0.0404. The minimum atomic E-state index is -1.41. The molecule has 2 nitrogen and oxygen atoms in total. The molecular weight excluding hydrogens is 340 g/mol. The summed E-state index contributed by atoms with van der Waals surface area (Å²) in [5, 5.41) is 0. The summed E-state index contributed by atoms with van der Waals surface area (Å²) in [7, 11) is -1.41. The first-order valence-corrected chi connectivity index (χ1v) is 10.7. The Balaban J connectivity index is 1.89. The van der Waals surface area contributed by atoms with E-state index in [2.05, 4.69) is 51.5 Å². The van der Waals surface area contributed by atoms with E-state index in [1.54, 1.807) is 0 Å². The number of rotatable bonds is 3. The fourth-order valence-electron chi connectivity index (χ4n) is 2.03. The highest BCUT2D eigenvalue weighted by Gasteiger charge is 2.61. The molecule has 1 heterocycles. The lowest BCUT2D eigenvalue weighted by Crippen LogP contribution is -2.39. The van der Waals surface area contributed by atoms with Gasteiger partial charge in [-0.15, -0.1) is 0 Å². The van der Waals surface area contributed by atoms with Crippen molar-refractivity contribution < 1.29 is 9.16 Å². The Hall–Kier alpha value is 1.10. The monoisotopic (exact) mass is 356 g/mol. The van der Waals surface area contributed by atoms with Crippen molar-refractivity contribution in [2.45, 2.75) is 53.8 Å². The van der Waals surface area contributed by atoms with Crippen molar-refractivity contribution in [2.75, 3.05) is 6.61 Å². The zero-order valence-electron chi connectivity index (χ0n) is 9.43. The van der Waals surface area contributed by atoms with Gasteiger partial charge in [-0.25, -0.2) is 0 Å². The van der Waals surface area contributed by atoms with Crippen LogP contribution in [-0.2, 0) is 9.16 Å². The van der Waals surface area contributed by atoms with E-state index in [-0.39, 0.29) is 5.60 Å². The van der Waals surface area contributed by atoms with Crippen LogP contribution in [0.4, 0.5) is 0 Å². The number of hydrogen-bond acceptors (Lipinski definition) is 2. The highest BCUT2D eigenvalue weighted by molar-refractivity contribution is 9.12. The van der Waals surface area contributed by atoms with Crippen molar-refractivity contribution in [1.82, 2.24) is 0 Å². The largest absolute Gasteiger partial charge is 0.415 e. The van der Waals surface area contributed by atoms with E-state index >= 15 is 0 Å². The fraction of sp³-hybridized carbons (Fsp3) is 1.00. The molecule has 0 amide bonds. The van der Waals surface area contributed by atoms with Gasteiger partial charge in [0, 0.05) is 9.65 Å². The standard InChI is InChI=1S/C10H18Br2O2Si/c1-15(2,3)13-6-10-5-8(12)7(11)4-9(10)14-10/h7-9H,4-6H2,1-3H3. The molecule has 2 aliphatic rings. The third-order valence-electron chi connectivity index (χ3n) is 3.03. The minimum absolute atomic E-state index is 0.0404. The SMILES string of the molecule is C[Si](C)(C)OCC12CC(Br)C(Br)CC1O2. The Morgan fingerprint density at radius 3 is 2.60 bits per heavy atom. The van der Waals surface area contributed by atoms with Crippen molar-refractivity contribution >= 4 is 40.2 Å². The summed E-state index contributed by atoms with van der Waals surface area (Å²) in [5.74, 6) is 0. The zero-order chi connectivity index (χ0) is 11.3. The first-order valence-electron chi connectivity index (χ1n) is 5.42. The van der Waals surface area contributed by atoms with E-state index in [4.69, 9.17) is 9.16 Å². The number of epoxide rings is 1. The number of ether oxygens (including phenoxy) is 1. The van der Waals surface area contributed by atoms with E-state index in [0.29, 0.717) is 15.8 Å². The zero-order valence-corrected chi connectivity index (χ0v) is 13.6. The molecule has 15 heavy (non-hydrogen) atoms. The number of alkyl halides is 2. The van der Waals surface area contributed by atoms with Gasteiger partial charge in [0.2, 0.25) is 0 Å². The van der Waals surface area contributed by atoms with Crippen molar-refractivity contribution in [1.29, 1.82) is 0 Å². The highest BCUT2D eigenvalue weighted by atomic mass is 79.9. The van der Waals surface area contributed by atoms with Gasteiger partial charge in [-0.2, -0.15) is 0 Å².